The summed E-state index contributed by atoms with van der Waals surface area (Å²) in [7, 11) is 0. The molecule has 0 amide bonds. The van der Waals surface area contributed by atoms with Gasteiger partial charge in [0.05, 0.1) is 0 Å². The Morgan fingerprint density at radius 3 is 2.08 bits per heavy atom. The minimum absolute atomic E-state index is 0.319. The van der Waals surface area contributed by atoms with Crippen molar-refractivity contribution < 1.29 is 9.90 Å². The Hall–Kier alpha value is -3.13. The van der Waals surface area contributed by atoms with Crippen LogP contribution in [0, 0.1) is 52.3 Å². The summed E-state index contributed by atoms with van der Waals surface area (Å²) >= 11 is 0. The maximum absolute atomic E-state index is 10.7. The zero-order valence-corrected chi connectivity index (χ0v) is 40.6. The van der Waals surface area contributed by atoms with E-state index in [1.54, 1.807) is 5.56 Å². The van der Waals surface area contributed by atoms with E-state index in [9.17, 15) is 4.79 Å². The first-order valence-corrected chi connectivity index (χ1v) is 26.8. The second kappa shape index (κ2) is 21.0. The standard InChI is InChI=1S/C61H86O2/c1-43(2)22-20-23-44(3)54-36-37-55-53-35-32-49-42-48(38-40-60(49,4)56(53)39-41-61(54,55)5)50(26-18-16-14-12-10-8-6-7-9-11-13-15-17-19-27-57(62)63)51-33-30-47-29-28-45-24-21-25-46-31-34-52(51)59(47)58(45)46/h6-7,21,24-25,28-34,43-44,48,50,53-56H,8-20,22-23,26-27,35-42H2,1-5H3,(H,62,63)/b7-6-/t44-,48?,50?,53?,54-,55?,56?,60+,61-/m1/s1. The Bertz CT molecular complexity index is 2140. The number of aliphatic carboxylic acids is 1. The molecule has 0 aliphatic heterocycles. The molecule has 0 heterocycles. The largest absolute Gasteiger partial charge is 0.481 e. The minimum Gasteiger partial charge on any atom is -0.481 e. The van der Waals surface area contributed by atoms with Crippen LogP contribution < -0.4 is 0 Å². The smallest absolute Gasteiger partial charge is 0.303 e. The van der Waals surface area contributed by atoms with Crippen LogP contribution in [0.3, 0.4) is 0 Å². The van der Waals surface area contributed by atoms with Crippen molar-refractivity contribution in [1.82, 2.24) is 0 Å². The van der Waals surface area contributed by atoms with Crippen molar-refractivity contribution in [2.75, 3.05) is 0 Å². The highest BCUT2D eigenvalue weighted by atomic mass is 16.4. The second-order valence-electron chi connectivity index (χ2n) is 22.9. The Morgan fingerprint density at radius 1 is 0.683 bits per heavy atom. The highest BCUT2D eigenvalue weighted by molar-refractivity contribution is 6.23. The van der Waals surface area contributed by atoms with Crippen molar-refractivity contribution in [2.45, 2.75) is 201 Å². The number of allylic oxidation sites excluding steroid dienone is 4. The fourth-order valence-electron chi connectivity index (χ4n) is 15.2. The SMILES string of the molecule is CC(C)CCC[C@@H](C)[C@H]1CCC2C3CC=C4CC(C(CCCCCCC/C=C\CCCCCCCC(=O)O)c5ccc6ccc7cccc8ccc5c6c78)CC[C@]4(C)C3CC[C@@]21C. The van der Waals surface area contributed by atoms with E-state index in [-0.39, 0.29) is 0 Å². The lowest BCUT2D eigenvalue weighted by Crippen LogP contribution is -2.50. The number of carbonyl (C=O) groups is 1. The molecule has 2 heteroatoms. The lowest BCUT2D eigenvalue weighted by Gasteiger charge is -2.59. The third-order valence-electron chi connectivity index (χ3n) is 18.7. The van der Waals surface area contributed by atoms with Crippen molar-refractivity contribution in [3.8, 4) is 0 Å². The summed E-state index contributed by atoms with van der Waals surface area (Å²) < 4.78 is 0. The van der Waals surface area contributed by atoms with E-state index in [2.05, 4.69) is 107 Å². The number of carboxylic acid groups (broad SMARTS) is 1. The number of fused-ring (bicyclic) bond motifs is 5. The molecule has 9 atom stereocenters. The molecule has 0 bridgehead atoms. The van der Waals surface area contributed by atoms with Crippen LogP contribution in [0.5, 0.6) is 0 Å². The summed E-state index contributed by atoms with van der Waals surface area (Å²) in [5.74, 6) is 6.04. The van der Waals surface area contributed by atoms with Gasteiger partial charge in [-0.2, -0.15) is 0 Å². The average Bonchev–Trinajstić information content (AvgIpc) is 3.64. The number of rotatable bonds is 23. The Labute approximate surface area is 383 Å². The first-order chi connectivity index (χ1) is 30.6. The van der Waals surface area contributed by atoms with Crippen LogP contribution >= 0.6 is 0 Å². The summed E-state index contributed by atoms with van der Waals surface area (Å²) in [6.07, 6.45) is 39.5. The van der Waals surface area contributed by atoms with Gasteiger partial charge in [-0.15, -0.1) is 0 Å². The molecule has 4 aromatic rings. The number of hydrogen-bond donors (Lipinski definition) is 1. The normalized spacial score (nSPS) is 28.2. The van der Waals surface area contributed by atoms with Crippen LogP contribution in [0.15, 0.2) is 78.4 Å². The molecule has 0 saturated heterocycles. The summed E-state index contributed by atoms with van der Waals surface area (Å²) in [5, 5.41) is 17.5. The van der Waals surface area contributed by atoms with Gasteiger partial charge in [0.2, 0.25) is 0 Å². The molecule has 4 aliphatic carbocycles. The lowest BCUT2D eigenvalue weighted by atomic mass is 9.46. The fourth-order valence-corrected chi connectivity index (χ4v) is 15.2. The Morgan fingerprint density at radius 2 is 1.35 bits per heavy atom. The zero-order chi connectivity index (χ0) is 44.0. The molecule has 63 heavy (non-hydrogen) atoms. The second-order valence-corrected chi connectivity index (χ2v) is 22.9. The maximum atomic E-state index is 10.7. The minimum atomic E-state index is -0.662. The fraction of sp³-hybridized carbons (Fsp3) is 0.656. The summed E-state index contributed by atoms with van der Waals surface area (Å²) in [5.41, 5.74) is 4.46. The molecule has 1 N–H and O–H groups in total. The van der Waals surface area contributed by atoms with Crippen LogP contribution in [0.4, 0.5) is 0 Å². The monoisotopic (exact) mass is 851 g/mol. The van der Waals surface area contributed by atoms with Gasteiger partial charge in [-0.05, 0) is 186 Å². The van der Waals surface area contributed by atoms with Gasteiger partial charge in [-0.25, -0.2) is 0 Å². The summed E-state index contributed by atoms with van der Waals surface area (Å²) in [6, 6.07) is 21.5. The molecule has 0 radical (unpaired) electrons. The van der Waals surface area contributed by atoms with Crippen LogP contribution in [0.1, 0.15) is 207 Å². The average molecular weight is 851 g/mol. The van der Waals surface area contributed by atoms with E-state index in [0.29, 0.717) is 23.2 Å². The first-order valence-electron chi connectivity index (χ1n) is 26.8. The molecule has 8 rings (SSSR count). The lowest BCUT2D eigenvalue weighted by molar-refractivity contribution is -0.137. The van der Waals surface area contributed by atoms with Crippen LogP contribution in [0.2, 0.25) is 0 Å². The number of hydrogen-bond acceptors (Lipinski definition) is 1. The van der Waals surface area contributed by atoms with Gasteiger partial charge in [-0.3, -0.25) is 4.79 Å². The first kappa shape index (κ1) is 46.4. The van der Waals surface area contributed by atoms with Crippen molar-refractivity contribution >= 4 is 38.3 Å². The van der Waals surface area contributed by atoms with Crippen LogP contribution in [-0.4, -0.2) is 11.1 Å². The van der Waals surface area contributed by atoms with Gasteiger partial charge in [0.15, 0.2) is 0 Å². The molecule has 342 valence electrons. The van der Waals surface area contributed by atoms with E-state index in [0.717, 1.165) is 60.7 Å². The van der Waals surface area contributed by atoms with E-state index in [1.165, 1.54) is 167 Å². The molecule has 2 nitrogen and oxygen atoms in total. The topological polar surface area (TPSA) is 37.3 Å². The quantitative estimate of drug-likeness (QED) is 0.0459. The van der Waals surface area contributed by atoms with E-state index in [4.69, 9.17) is 5.11 Å². The van der Waals surface area contributed by atoms with Crippen molar-refractivity contribution in [1.29, 1.82) is 0 Å². The van der Waals surface area contributed by atoms with Gasteiger partial charge in [-0.1, -0.05) is 177 Å². The molecular weight excluding hydrogens is 765 g/mol. The predicted molar refractivity (Wildman–Crippen MR) is 271 cm³/mol. The zero-order valence-electron chi connectivity index (χ0n) is 40.6. The maximum Gasteiger partial charge on any atom is 0.303 e. The van der Waals surface area contributed by atoms with Gasteiger partial charge in [0.1, 0.15) is 0 Å². The van der Waals surface area contributed by atoms with Crippen molar-refractivity contribution in [3.05, 3.63) is 84.0 Å². The van der Waals surface area contributed by atoms with Crippen molar-refractivity contribution in [3.63, 3.8) is 0 Å². The summed E-state index contributed by atoms with van der Waals surface area (Å²) in [4.78, 5) is 10.7. The molecule has 3 saturated carbocycles. The number of carboxylic acids is 1. The third-order valence-corrected chi connectivity index (χ3v) is 18.7. The molecule has 4 aliphatic rings. The van der Waals surface area contributed by atoms with E-state index < -0.39 is 5.97 Å². The van der Waals surface area contributed by atoms with Gasteiger partial charge in [0.25, 0.3) is 0 Å². The Balaban J connectivity index is 0.921. The van der Waals surface area contributed by atoms with Crippen LogP contribution in [0.25, 0.3) is 32.3 Å². The Kier molecular flexibility index (Phi) is 15.5. The van der Waals surface area contributed by atoms with E-state index >= 15 is 0 Å². The molecule has 5 unspecified atom stereocenters. The van der Waals surface area contributed by atoms with E-state index in [1.807, 2.05) is 5.57 Å². The van der Waals surface area contributed by atoms with Gasteiger partial charge in [0, 0.05) is 6.42 Å². The molecule has 4 aromatic carbocycles. The predicted octanol–water partition coefficient (Wildman–Crippen LogP) is 18.4. The highest BCUT2D eigenvalue weighted by Crippen LogP contribution is 2.68. The molecule has 0 aromatic heterocycles. The third kappa shape index (κ3) is 10.2. The molecule has 3 fully saturated rings. The number of benzene rings is 4. The summed E-state index contributed by atoms with van der Waals surface area (Å²) in [6.45, 7) is 12.9. The van der Waals surface area contributed by atoms with Crippen molar-refractivity contribution in [2.24, 2.45) is 52.3 Å². The molecule has 0 spiro atoms. The molecular formula is C61H86O2. The number of unbranched alkanes of at least 4 members (excludes halogenated alkanes) is 10. The van der Waals surface area contributed by atoms with Gasteiger partial charge < -0.3 is 5.11 Å². The van der Waals surface area contributed by atoms with Crippen LogP contribution in [-0.2, 0) is 4.79 Å². The van der Waals surface area contributed by atoms with Gasteiger partial charge >= 0.3 is 5.97 Å². The highest BCUT2D eigenvalue weighted by Gasteiger charge is 2.59.